The third-order valence-electron chi connectivity index (χ3n) is 3.60. The maximum absolute atomic E-state index is 5.98. The topological polar surface area (TPSA) is 18.5 Å². The Bertz CT molecular complexity index is 300. The molecular formula is C12H19BO2. The van der Waals surface area contributed by atoms with E-state index in [4.69, 9.17) is 9.31 Å². The predicted octanol–water partition coefficient (Wildman–Crippen LogP) is 2.89. The largest absolute Gasteiger partial charge is 0.490 e. The van der Waals surface area contributed by atoms with Crippen LogP contribution in [0.25, 0.3) is 0 Å². The van der Waals surface area contributed by atoms with E-state index in [1.807, 2.05) is 0 Å². The van der Waals surface area contributed by atoms with Crippen LogP contribution in [-0.2, 0) is 9.31 Å². The molecule has 82 valence electrons. The van der Waals surface area contributed by atoms with Crippen molar-refractivity contribution in [3.8, 4) is 0 Å². The van der Waals surface area contributed by atoms with Crippen LogP contribution in [0.5, 0.6) is 0 Å². The molecule has 1 fully saturated rings. The van der Waals surface area contributed by atoms with Crippen LogP contribution in [0.1, 0.15) is 40.5 Å². The van der Waals surface area contributed by atoms with Gasteiger partial charge in [0.05, 0.1) is 11.2 Å². The summed E-state index contributed by atoms with van der Waals surface area (Å²) in [5, 5.41) is 0. The fourth-order valence-corrected chi connectivity index (χ4v) is 1.81. The smallest absolute Gasteiger partial charge is 0.400 e. The zero-order chi connectivity index (χ0) is 11.1. The molecule has 0 radical (unpaired) electrons. The van der Waals surface area contributed by atoms with Crippen LogP contribution in [0, 0.1) is 0 Å². The first kappa shape index (κ1) is 11.0. The molecular weight excluding hydrogens is 187 g/mol. The van der Waals surface area contributed by atoms with Gasteiger partial charge in [0.15, 0.2) is 0 Å². The van der Waals surface area contributed by atoms with E-state index < -0.39 is 0 Å². The lowest BCUT2D eigenvalue weighted by Gasteiger charge is -2.32. The number of hydrogen-bond acceptors (Lipinski definition) is 2. The van der Waals surface area contributed by atoms with Gasteiger partial charge in [0.1, 0.15) is 0 Å². The Hall–Kier alpha value is -0.535. The lowest BCUT2D eigenvalue weighted by Crippen LogP contribution is -2.41. The molecule has 0 spiro atoms. The van der Waals surface area contributed by atoms with Crippen molar-refractivity contribution in [1.82, 2.24) is 0 Å². The highest BCUT2D eigenvalue weighted by Gasteiger charge is 2.52. The second-order valence-electron chi connectivity index (χ2n) is 5.30. The molecule has 0 aromatic heterocycles. The average molecular weight is 206 g/mol. The van der Waals surface area contributed by atoms with E-state index in [0.717, 1.165) is 12.8 Å². The monoisotopic (exact) mass is 206 g/mol. The maximum atomic E-state index is 5.98. The molecule has 1 saturated heterocycles. The molecule has 0 N–H and O–H groups in total. The molecule has 2 rings (SSSR count). The first-order valence-corrected chi connectivity index (χ1v) is 5.64. The molecule has 0 saturated carbocycles. The second-order valence-corrected chi connectivity index (χ2v) is 5.30. The molecule has 3 heteroatoms. The molecule has 0 amide bonds. The standard InChI is InChI=1S/C12H19BO2/c1-11(2)12(3,4)15-13(14-11)10-8-6-5-7-9-10/h5-6,8H,7,9H2,1-4H3. The molecule has 2 nitrogen and oxygen atoms in total. The quantitative estimate of drug-likeness (QED) is 0.614. The van der Waals surface area contributed by atoms with Crippen molar-refractivity contribution in [2.75, 3.05) is 0 Å². The highest BCUT2D eigenvalue weighted by atomic mass is 16.7. The zero-order valence-corrected chi connectivity index (χ0v) is 10.0. The zero-order valence-electron chi connectivity index (χ0n) is 10.0. The summed E-state index contributed by atoms with van der Waals surface area (Å²) in [7, 11) is -0.153. The Morgan fingerprint density at radius 3 is 2.20 bits per heavy atom. The Kier molecular flexibility index (Phi) is 2.56. The normalized spacial score (nSPS) is 28.0. The van der Waals surface area contributed by atoms with Gasteiger partial charge in [0.25, 0.3) is 0 Å². The Morgan fingerprint density at radius 1 is 1.13 bits per heavy atom. The van der Waals surface area contributed by atoms with Gasteiger partial charge in [-0.3, -0.25) is 0 Å². The van der Waals surface area contributed by atoms with Gasteiger partial charge >= 0.3 is 7.12 Å². The maximum Gasteiger partial charge on any atom is 0.490 e. The van der Waals surface area contributed by atoms with Gasteiger partial charge in [0, 0.05) is 0 Å². The highest BCUT2D eigenvalue weighted by Crippen LogP contribution is 2.39. The SMILES string of the molecule is CC1(C)OB(C2=CC=CCC2)OC1(C)C. The Morgan fingerprint density at radius 2 is 1.73 bits per heavy atom. The average Bonchev–Trinajstić information content (AvgIpc) is 2.38. The Labute approximate surface area is 92.5 Å². The van der Waals surface area contributed by atoms with Crippen molar-refractivity contribution < 1.29 is 9.31 Å². The molecule has 1 aliphatic carbocycles. The van der Waals surface area contributed by atoms with E-state index >= 15 is 0 Å². The van der Waals surface area contributed by atoms with E-state index in [2.05, 4.69) is 45.9 Å². The van der Waals surface area contributed by atoms with Crippen molar-refractivity contribution >= 4 is 7.12 Å². The van der Waals surface area contributed by atoms with Gasteiger partial charge in [-0.05, 0) is 46.0 Å². The minimum atomic E-state index is -0.223. The van der Waals surface area contributed by atoms with Crippen LogP contribution in [0.2, 0.25) is 0 Å². The van der Waals surface area contributed by atoms with Gasteiger partial charge in [-0.25, -0.2) is 0 Å². The first-order valence-electron chi connectivity index (χ1n) is 5.64. The first-order chi connectivity index (χ1) is 6.92. The molecule has 15 heavy (non-hydrogen) atoms. The van der Waals surface area contributed by atoms with Gasteiger partial charge in [-0.2, -0.15) is 0 Å². The van der Waals surface area contributed by atoms with E-state index in [1.54, 1.807) is 0 Å². The summed E-state index contributed by atoms with van der Waals surface area (Å²) in [4.78, 5) is 0. The lowest BCUT2D eigenvalue weighted by molar-refractivity contribution is 0.00578. The van der Waals surface area contributed by atoms with Crippen molar-refractivity contribution in [2.24, 2.45) is 0 Å². The van der Waals surface area contributed by atoms with Crippen LogP contribution in [0.3, 0.4) is 0 Å². The van der Waals surface area contributed by atoms with Crippen LogP contribution in [0.15, 0.2) is 23.7 Å². The summed E-state index contributed by atoms with van der Waals surface area (Å²) in [6, 6.07) is 0. The molecule has 0 unspecified atom stereocenters. The highest BCUT2D eigenvalue weighted by molar-refractivity contribution is 6.54. The van der Waals surface area contributed by atoms with Crippen LogP contribution >= 0.6 is 0 Å². The van der Waals surface area contributed by atoms with Crippen molar-refractivity contribution in [2.45, 2.75) is 51.7 Å². The number of rotatable bonds is 1. The lowest BCUT2D eigenvalue weighted by atomic mass is 9.74. The van der Waals surface area contributed by atoms with Crippen LogP contribution in [0.4, 0.5) is 0 Å². The predicted molar refractivity (Wildman–Crippen MR) is 62.5 cm³/mol. The minimum Gasteiger partial charge on any atom is -0.400 e. The van der Waals surface area contributed by atoms with E-state index in [-0.39, 0.29) is 18.3 Å². The molecule has 1 heterocycles. The fraction of sp³-hybridized carbons (Fsp3) is 0.667. The third kappa shape index (κ3) is 1.91. The van der Waals surface area contributed by atoms with Gasteiger partial charge < -0.3 is 9.31 Å². The number of allylic oxidation sites excluding steroid dienone is 4. The molecule has 1 aliphatic heterocycles. The van der Waals surface area contributed by atoms with Gasteiger partial charge in [-0.1, -0.05) is 18.2 Å². The van der Waals surface area contributed by atoms with E-state index in [0.29, 0.717) is 0 Å². The van der Waals surface area contributed by atoms with Gasteiger partial charge in [-0.15, -0.1) is 0 Å². The second kappa shape index (κ2) is 3.50. The molecule has 2 aliphatic rings. The van der Waals surface area contributed by atoms with E-state index in [9.17, 15) is 0 Å². The molecule has 0 aromatic rings. The summed E-state index contributed by atoms with van der Waals surface area (Å²) < 4.78 is 12.0. The summed E-state index contributed by atoms with van der Waals surface area (Å²) in [5.74, 6) is 0. The van der Waals surface area contributed by atoms with Crippen molar-refractivity contribution in [3.63, 3.8) is 0 Å². The number of hydrogen-bond donors (Lipinski definition) is 0. The van der Waals surface area contributed by atoms with Crippen molar-refractivity contribution in [1.29, 1.82) is 0 Å². The fourth-order valence-electron chi connectivity index (χ4n) is 1.81. The van der Waals surface area contributed by atoms with Gasteiger partial charge in [0.2, 0.25) is 0 Å². The molecule has 0 aromatic carbocycles. The summed E-state index contributed by atoms with van der Waals surface area (Å²) in [5.41, 5.74) is 0.815. The van der Waals surface area contributed by atoms with E-state index in [1.165, 1.54) is 5.47 Å². The van der Waals surface area contributed by atoms with Crippen LogP contribution in [-0.4, -0.2) is 18.3 Å². The minimum absolute atomic E-state index is 0.153. The summed E-state index contributed by atoms with van der Waals surface area (Å²) in [6.07, 6.45) is 8.52. The van der Waals surface area contributed by atoms with Crippen LogP contribution < -0.4 is 0 Å². The summed E-state index contributed by atoms with van der Waals surface area (Å²) >= 11 is 0. The Balaban J connectivity index is 2.15. The summed E-state index contributed by atoms with van der Waals surface area (Å²) in [6.45, 7) is 8.36. The molecule has 0 bridgehead atoms. The van der Waals surface area contributed by atoms with Crippen molar-refractivity contribution in [3.05, 3.63) is 23.7 Å². The molecule has 0 atom stereocenters. The third-order valence-corrected chi connectivity index (χ3v) is 3.60.